The van der Waals surface area contributed by atoms with Crippen molar-refractivity contribution in [2.75, 3.05) is 79.2 Å². The summed E-state index contributed by atoms with van der Waals surface area (Å²) < 4.78 is 40.4. The average Bonchev–Trinajstić information content (AvgIpc) is 1.21. The Morgan fingerprint density at radius 2 is 0.817 bits per heavy atom. The second kappa shape index (κ2) is 45.8. The van der Waals surface area contributed by atoms with Gasteiger partial charge in [-0.25, -0.2) is 0 Å². The molecule has 93 heavy (non-hydrogen) atoms. The summed E-state index contributed by atoms with van der Waals surface area (Å²) in [5.74, 6) is -2.75. The van der Waals surface area contributed by atoms with Gasteiger partial charge in [0.15, 0.2) is 12.6 Å². The third-order valence-corrected chi connectivity index (χ3v) is 17.0. The highest BCUT2D eigenvalue weighted by Crippen LogP contribution is 2.32. The first-order chi connectivity index (χ1) is 44.4. The molecule has 2 aliphatic heterocycles. The van der Waals surface area contributed by atoms with E-state index in [0.717, 1.165) is 0 Å². The molecule has 0 aromatic heterocycles. The van der Waals surface area contributed by atoms with Gasteiger partial charge in [0.25, 0.3) is 0 Å². The summed E-state index contributed by atoms with van der Waals surface area (Å²) in [5, 5.41) is 104. The molecule has 2 saturated heterocycles. The SMILES string of the molecule is CCC(CCCCC(=O)NCCCCC(=O)CCO[C@@H]1OC(CO)[C@H](O)[C@H](O)C1NC(C)=O)(COCCC(=O)CCCCCC(=O)CCO[C@@H]1CC(CO)[C@H](O)[C@H](O)C1NC(C)=O)COCCC(=O)CCCCNC(=O)CCO[C@@H]1OC(CO)[C@H](O)[C@H](O)C1NC(C)=O. The summed E-state index contributed by atoms with van der Waals surface area (Å²) in [6.45, 7) is 5.40. The van der Waals surface area contributed by atoms with Crippen LogP contribution in [0.25, 0.3) is 0 Å². The van der Waals surface area contributed by atoms with Crippen LogP contribution in [-0.4, -0.2) is 263 Å². The number of rotatable bonds is 50. The maximum Gasteiger partial charge on any atom is 0.222 e. The standard InChI is InChI=1S/C63H109N5O25/c1-5-63(25-12-9-19-50(79)64-26-13-11-18-46(78)23-31-90-61-53(67-40(3)73)59(85)56(82)48(35-70)92-61,37-87-28-20-43(75)15-7-6-8-16-45(77)22-30-89-47-33-42(34-69)55(81)58(84)52(47)66-39(2)72)38-88-29-21-44(76)17-10-14-27-65-51(80)24-32-91-62-54(68-41(4)74)60(86)57(83)49(36-71)93-62/h42,47-49,52-62,69-71,81-86H,5-38H2,1-4H3,(H,64,79)(H,65,80)(H,66,72)(H,67,73)(H,68,74)/t42?,47-,48?,49?,52?,53?,54?,55+,56+,57+,58-,59-,60-,61-,62-,63?/m1/s1. The predicted molar refractivity (Wildman–Crippen MR) is 330 cm³/mol. The lowest BCUT2D eigenvalue weighted by Crippen LogP contribution is -2.64. The Hall–Kier alpha value is -4.61. The summed E-state index contributed by atoms with van der Waals surface area (Å²) in [7, 11) is 0. The molecule has 1 saturated carbocycles. The van der Waals surface area contributed by atoms with E-state index in [1.807, 2.05) is 6.92 Å². The first kappa shape index (κ1) is 82.6. The largest absolute Gasteiger partial charge is 0.396 e. The van der Waals surface area contributed by atoms with E-state index in [9.17, 15) is 89.1 Å². The summed E-state index contributed by atoms with van der Waals surface area (Å²) in [6.07, 6.45) is -5.74. The molecule has 0 aromatic rings. The highest BCUT2D eigenvalue weighted by molar-refractivity contribution is 5.80. The van der Waals surface area contributed by atoms with Gasteiger partial charge >= 0.3 is 0 Å². The molecular weight excluding hydrogens is 1230 g/mol. The lowest BCUT2D eigenvalue weighted by Gasteiger charge is -2.42. The minimum atomic E-state index is -1.48. The molecule has 2 heterocycles. The van der Waals surface area contributed by atoms with Gasteiger partial charge in [-0.1, -0.05) is 19.8 Å². The van der Waals surface area contributed by atoms with Crippen molar-refractivity contribution in [3.05, 3.63) is 0 Å². The van der Waals surface area contributed by atoms with Gasteiger partial charge in [0.05, 0.1) is 84.1 Å². The quantitative estimate of drug-likeness (QED) is 0.0301. The van der Waals surface area contributed by atoms with Crippen molar-refractivity contribution in [2.24, 2.45) is 11.3 Å². The van der Waals surface area contributed by atoms with E-state index in [4.69, 9.17) is 33.2 Å². The number of amides is 5. The number of Topliss-reactive ketones (excluding diaryl/α,β-unsaturated/α-hetero) is 4. The number of hydrogen-bond donors (Lipinski definition) is 14. The molecular formula is C63H109N5O25. The molecule has 0 radical (unpaired) electrons. The molecule has 3 aliphatic rings. The number of hydrogen-bond acceptors (Lipinski definition) is 25. The third kappa shape index (κ3) is 31.4. The lowest BCUT2D eigenvalue weighted by atomic mass is 9.79. The topological polar surface area (TPSA) is 460 Å². The molecule has 5 amide bonds. The van der Waals surface area contributed by atoms with Crippen LogP contribution >= 0.6 is 0 Å². The zero-order chi connectivity index (χ0) is 68.9. The zero-order valence-electron chi connectivity index (χ0n) is 54.8. The van der Waals surface area contributed by atoms with Crippen molar-refractivity contribution in [3.63, 3.8) is 0 Å². The number of carbonyl (C=O) groups is 9. The van der Waals surface area contributed by atoms with Crippen LogP contribution in [-0.2, 0) is 76.3 Å². The van der Waals surface area contributed by atoms with Crippen LogP contribution in [0.2, 0.25) is 0 Å². The van der Waals surface area contributed by atoms with Crippen molar-refractivity contribution in [3.8, 4) is 0 Å². The molecule has 536 valence electrons. The fraction of sp³-hybridized carbons (Fsp3) is 0.857. The van der Waals surface area contributed by atoms with Crippen LogP contribution < -0.4 is 26.6 Å². The average molecular weight is 1340 g/mol. The van der Waals surface area contributed by atoms with Crippen molar-refractivity contribution in [1.82, 2.24) is 26.6 Å². The van der Waals surface area contributed by atoms with Gasteiger partial charge in [0, 0.05) is 110 Å². The van der Waals surface area contributed by atoms with Crippen molar-refractivity contribution < 1.29 is 122 Å². The van der Waals surface area contributed by atoms with Gasteiger partial charge in [0.2, 0.25) is 29.5 Å². The van der Waals surface area contributed by atoms with Crippen molar-refractivity contribution >= 4 is 52.7 Å². The maximum absolute atomic E-state index is 12.9. The number of ketones is 4. The second-order valence-corrected chi connectivity index (χ2v) is 24.6. The Morgan fingerprint density at radius 3 is 1.25 bits per heavy atom. The first-order valence-electron chi connectivity index (χ1n) is 33.0. The molecule has 0 spiro atoms. The van der Waals surface area contributed by atoms with Crippen LogP contribution in [0, 0.1) is 11.3 Å². The normalized spacial score (nSPS) is 26.9. The Balaban J connectivity index is 1.40. The van der Waals surface area contributed by atoms with E-state index in [1.165, 1.54) is 20.8 Å². The van der Waals surface area contributed by atoms with E-state index >= 15 is 0 Å². The van der Waals surface area contributed by atoms with Gasteiger partial charge < -0.3 is 106 Å². The second-order valence-electron chi connectivity index (χ2n) is 24.6. The number of nitrogens with one attached hydrogen (secondary N) is 5. The summed E-state index contributed by atoms with van der Waals surface area (Å²) in [6, 6.07) is -3.15. The first-order valence-corrected chi connectivity index (χ1v) is 33.0. The molecule has 30 heteroatoms. The number of ether oxygens (including phenoxy) is 7. The van der Waals surface area contributed by atoms with Crippen LogP contribution in [0.4, 0.5) is 0 Å². The van der Waals surface area contributed by atoms with Crippen LogP contribution in [0.1, 0.15) is 169 Å². The van der Waals surface area contributed by atoms with E-state index in [1.54, 1.807) is 0 Å². The van der Waals surface area contributed by atoms with Crippen molar-refractivity contribution in [1.29, 1.82) is 0 Å². The molecule has 14 N–H and O–H groups in total. The molecule has 16 atom stereocenters. The molecule has 3 rings (SSSR count). The Kier molecular flexibility index (Phi) is 40.6. The van der Waals surface area contributed by atoms with Gasteiger partial charge in [-0.05, 0) is 64.2 Å². The minimum Gasteiger partial charge on any atom is -0.396 e. The van der Waals surface area contributed by atoms with E-state index in [0.29, 0.717) is 90.1 Å². The third-order valence-electron chi connectivity index (χ3n) is 17.0. The van der Waals surface area contributed by atoms with Crippen LogP contribution in [0.3, 0.4) is 0 Å². The van der Waals surface area contributed by atoms with Gasteiger partial charge in [0.1, 0.15) is 77.9 Å². The fourth-order valence-electron chi connectivity index (χ4n) is 11.3. The molecule has 3 fully saturated rings. The van der Waals surface area contributed by atoms with E-state index in [-0.39, 0.29) is 152 Å². The molecule has 0 bridgehead atoms. The Bertz CT molecular complexity index is 2020. The van der Waals surface area contributed by atoms with E-state index < -0.39 is 128 Å². The number of unbranched alkanes of at least 4 members (excludes halogenated alkanes) is 5. The van der Waals surface area contributed by atoms with Gasteiger partial charge in [-0.15, -0.1) is 0 Å². The highest BCUT2D eigenvalue weighted by Gasteiger charge is 2.47. The van der Waals surface area contributed by atoms with Crippen LogP contribution in [0.5, 0.6) is 0 Å². The highest BCUT2D eigenvalue weighted by atomic mass is 16.7. The molecule has 0 aromatic carbocycles. The fourth-order valence-corrected chi connectivity index (χ4v) is 11.3. The molecule has 30 nitrogen and oxygen atoms in total. The van der Waals surface area contributed by atoms with Crippen molar-refractivity contribution in [2.45, 2.75) is 255 Å². The molecule has 7 unspecified atom stereocenters. The summed E-state index contributed by atoms with van der Waals surface area (Å²) >= 11 is 0. The Morgan fingerprint density at radius 1 is 0.430 bits per heavy atom. The molecule has 1 aliphatic carbocycles. The smallest absolute Gasteiger partial charge is 0.222 e. The minimum absolute atomic E-state index is 0.00916. The number of aliphatic hydroxyl groups excluding tert-OH is 9. The summed E-state index contributed by atoms with van der Waals surface area (Å²) in [4.78, 5) is 112. The monoisotopic (exact) mass is 1340 g/mol. The van der Waals surface area contributed by atoms with Crippen LogP contribution in [0.15, 0.2) is 0 Å². The lowest BCUT2D eigenvalue weighted by molar-refractivity contribution is -0.270. The zero-order valence-corrected chi connectivity index (χ0v) is 54.8. The Labute approximate surface area is 544 Å². The predicted octanol–water partition coefficient (Wildman–Crippen LogP) is -1.73. The number of carbonyl (C=O) groups excluding carboxylic acids is 9. The van der Waals surface area contributed by atoms with Gasteiger partial charge in [-0.3, -0.25) is 43.2 Å². The van der Waals surface area contributed by atoms with Gasteiger partial charge in [-0.2, -0.15) is 0 Å². The van der Waals surface area contributed by atoms with E-state index in [2.05, 4.69) is 26.6 Å². The summed E-state index contributed by atoms with van der Waals surface area (Å²) in [5.41, 5.74) is -0.500. The number of aliphatic hydroxyl groups is 9. The maximum atomic E-state index is 12.9.